The van der Waals surface area contributed by atoms with Crippen LogP contribution in [0, 0.1) is 5.92 Å². The molecule has 156 valence electrons. The fourth-order valence-corrected chi connectivity index (χ4v) is 6.15. The standard InChI is InChI=1S/C21H26ClN3O3S/c1-13(14-6-7-14)25(15-8-9-15)21(26)16-11-19-18(12-17(16)22)24-10-4-2-3-5-20(24)23-29(19,27)28/h11-15H,2-10H2,1H3. The zero-order chi connectivity index (χ0) is 20.3. The topological polar surface area (TPSA) is 70.1 Å². The van der Waals surface area contributed by atoms with Crippen LogP contribution in [0.3, 0.4) is 0 Å². The van der Waals surface area contributed by atoms with Crippen molar-refractivity contribution >= 4 is 39.1 Å². The minimum absolute atomic E-state index is 0.103. The number of amidine groups is 1. The minimum Gasteiger partial charge on any atom is -0.333 e. The van der Waals surface area contributed by atoms with Crippen LogP contribution in [0.2, 0.25) is 5.02 Å². The second-order valence-corrected chi connectivity index (χ2v) is 10.7. The van der Waals surface area contributed by atoms with Gasteiger partial charge in [0, 0.05) is 25.0 Å². The number of fused-ring (bicyclic) bond motifs is 3. The van der Waals surface area contributed by atoms with Crippen molar-refractivity contribution in [3.63, 3.8) is 0 Å². The predicted molar refractivity (Wildman–Crippen MR) is 113 cm³/mol. The quantitative estimate of drug-likeness (QED) is 0.709. The summed E-state index contributed by atoms with van der Waals surface area (Å²) in [6, 6.07) is 3.54. The van der Waals surface area contributed by atoms with Crippen LogP contribution in [0.15, 0.2) is 21.4 Å². The lowest BCUT2D eigenvalue weighted by Gasteiger charge is -2.32. The third-order valence-corrected chi connectivity index (χ3v) is 8.23. The van der Waals surface area contributed by atoms with Crippen LogP contribution in [0.25, 0.3) is 0 Å². The zero-order valence-corrected chi connectivity index (χ0v) is 18.2. The van der Waals surface area contributed by atoms with E-state index in [1.54, 1.807) is 6.07 Å². The van der Waals surface area contributed by atoms with E-state index in [2.05, 4.69) is 11.3 Å². The molecule has 0 spiro atoms. The van der Waals surface area contributed by atoms with Crippen LogP contribution in [0.5, 0.6) is 0 Å². The Morgan fingerprint density at radius 1 is 1.21 bits per heavy atom. The predicted octanol–water partition coefficient (Wildman–Crippen LogP) is 4.22. The second-order valence-electron chi connectivity index (χ2n) is 8.77. The Morgan fingerprint density at radius 2 is 1.97 bits per heavy atom. The number of carbonyl (C=O) groups is 1. The third-order valence-electron chi connectivity index (χ3n) is 6.58. The van der Waals surface area contributed by atoms with Gasteiger partial charge in [-0.3, -0.25) is 4.79 Å². The number of sulfonamides is 1. The summed E-state index contributed by atoms with van der Waals surface area (Å²) in [5.74, 6) is 0.983. The highest BCUT2D eigenvalue weighted by molar-refractivity contribution is 7.90. The summed E-state index contributed by atoms with van der Waals surface area (Å²) >= 11 is 6.58. The number of halogens is 1. The monoisotopic (exact) mass is 435 g/mol. The van der Waals surface area contributed by atoms with Crippen LogP contribution in [0.1, 0.15) is 68.6 Å². The second kappa shape index (κ2) is 6.98. The van der Waals surface area contributed by atoms with E-state index in [9.17, 15) is 13.2 Å². The van der Waals surface area contributed by atoms with Gasteiger partial charge in [0.1, 0.15) is 10.7 Å². The first-order valence-corrected chi connectivity index (χ1v) is 12.5. The molecule has 2 heterocycles. The molecule has 2 aliphatic heterocycles. The molecule has 0 aromatic heterocycles. The molecule has 29 heavy (non-hydrogen) atoms. The molecule has 1 unspecified atom stereocenters. The molecule has 1 saturated heterocycles. The van der Waals surface area contributed by atoms with Gasteiger partial charge in [0.25, 0.3) is 15.9 Å². The van der Waals surface area contributed by atoms with Crippen LogP contribution >= 0.6 is 11.6 Å². The fourth-order valence-electron chi connectivity index (χ4n) is 4.64. The van der Waals surface area contributed by atoms with Gasteiger partial charge in [-0.25, -0.2) is 0 Å². The van der Waals surface area contributed by atoms with E-state index < -0.39 is 10.0 Å². The molecule has 4 aliphatic rings. The van der Waals surface area contributed by atoms with E-state index in [4.69, 9.17) is 11.6 Å². The first-order chi connectivity index (χ1) is 13.9. The molecule has 8 heteroatoms. The van der Waals surface area contributed by atoms with Crippen LogP contribution in [0.4, 0.5) is 5.69 Å². The van der Waals surface area contributed by atoms with Gasteiger partial charge in [-0.05, 0) is 63.5 Å². The highest BCUT2D eigenvalue weighted by Gasteiger charge is 2.43. The lowest BCUT2D eigenvalue weighted by molar-refractivity contribution is 0.0654. The molecule has 1 amide bonds. The summed E-state index contributed by atoms with van der Waals surface area (Å²) in [4.78, 5) is 17.5. The average Bonchev–Trinajstić information content (AvgIpc) is 3.55. The van der Waals surface area contributed by atoms with Gasteiger partial charge in [-0.15, -0.1) is 4.40 Å². The molecule has 3 fully saturated rings. The summed E-state index contributed by atoms with van der Waals surface area (Å²) in [6.45, 7) is 2.82. The largest absolute Gasteiger partial charge is 0.333 e. The Hall–Kier alpha value is -1.60. The number of hydrogen-bond donors (Lipinski definition) is 0. The van der Waals surface area contributed by atoms with Gasteiger partial charge in [-0.2, -0.15) is 8.42 Å². The SMILES string of the molecule is CC(C1CC1)N(C(=O)c1cc2c(cc1Cl)N1CCCCCC1=NS2(=O)=O)C1CC1. The van der Waals surface area contributed by atoms with Crippen molar-refractivity contribution in [1.29, 1.82) is 0 Å². The summed E-state index contributed by atoms with van der Waals surface area (Å²) < 4.78 is 29.9. The van der Waals surface area contributed by atoms with Crippen molar-refractivity contribution in [2.75, 3.05) is 11.4 Å². The normalized spacial score (nSPS) is 24.1. The van der Waals surface area contributed by atoms with Gasteiger partial charge in [0.2, 0.25) is 0 Å². The fraction of sp³-hybridized carbons (Fsp3) is 0.619. The molecular formula is C21H26ClN3O3S. The number of hydrogen-bond acceptors (Lipinski definition) is 4. The highest BCUT2D eigenvalue weighted by atomic mass is 35.5. The van der Waals surface area contributed by atoms with Gasteiger partial charge < -0.3 is 9.80 Å². The van der Waals surface area contributed by atoms with Crippen molar-refractivity contribution in [3.8, 4) is 0 Å². The molecular weight excluding hydrogens is 410 g/mol. The number of anilines is 1. The molecule has 1 aromatic rings. The summed E-state index contributed by atoms with van der Waals surface area (Å²) in [5.41, 5.74) is 0.841. The summed E-state index contributed by atoms with van der Waals surface area (Å²) in [6.07, 6.45) is 7.91. The zero-order valence-electron chi connectivity index (χ0n) is 16.6. The maximum absolute atomic E-state index is 13.5. The van der Waals surface area contributed by atoms with E-state index in [1.807, 2.05) is 9.80 Å². The Labute approximate surface area is 177 Å². The number of amides is 1. The molecule has 2 aliphatic carbocycles. The molecule has 6 nitrogen and oxygen atoms in total. The highest BCUT2D eigenvalue weighted by Crippen LogP contribution is 2.42. The average molecular weight is 436 g/mol. The van der Waals surface area contributed by atoms with Crippen LogP contribution in [-0.4, -0.2) is 43.7 Å². The van der Waals surface area contributed by atoms with Crippen LogP contribution in [-0.2, 0) is 10.0 Å². The molecule has 2 saturated carbocycles. The molecule has 1 atom stereocenters. The van der Waals surface area contributed by atoms with Crippen molar-refractivity contribution in [1.82, 2.24) is 4.90 Å². The smallest absolute Gasteiger partial charge is 0.286 e. The Morgan fingerprint density at radius 3 is 2.66 bits per heavy atom. The van der Waals surface area contributed by atoms with E-state index >= 15 is 0 Å². The van der Waals surface area contributed by atoms with Crippen molar-refractivity contribution in [2.24, 2.45) is 10.3 Å². The maximum Gasteiger partial charge on any atom is 0.286 e. The Balaban J connectivity index is 1.56. The summed E-state index contributed by atoms with van der Waals surface area (Å²) in [5, 5.41) is 0.322. The van der Waals surface area contributed by atoms with Crippen molar-refractivity contribution < 1.29 is 13.2 Å². The van der Waals surface area contributed by atoms with Gasteiger partial charge in [0.05, 0.1) is 16.3 Å². The summed E-state index contributed by atoms with van der Waals surface area (Å²) in [7, 11) is -3.84. The van der Waals surface area contributed by atoms with Crippen molar-refractivity contribution in [3.05, 3.63) is 22.7 Å². The lowest BCUT2D eigenvalue weighted by Crippen LogP contribution is -2.42. The first kappa shape index (κ1) is 19.4. The first-order valence-electron chi connectivity index (χ1n) is 10.6. The van der Waals surface area contributed by atoms with Gasteiger partial charge >= 0.3 is 0 Å². The maximum atomic E-state index is 13.5. The van der Waals surface area contributed by atoms with E-state index in [1.165, 1.54) is 6.07 Å². The van der Waals surface area contributed by atoms with Crippen LogP contribution < -0.4 is 4.90 Å². The third kappa shape index (κ3) is 3.46. The van der Waals surface area contributed by atoms with Gasteiger partial charge in [0.15, 0.2) is 0 Å². The molecule has 5 rings (SSSR count). The Bertz CT molecular complexity index is 999. The van der Waals surface area contributed by atoms with Crippen molar-refractivity contribution in [2.45, 2.75) is 75.3 Å². The molecule has 0 N–H and O–H groups in total. The van der Waals surface area contributed by atoms with E-state index in [0.29, 0.717) is 28.9 Å². The lowest BCUT2D eigenvalue weighted by atomic mass is 10.1. The number of nitrogens with zero attached hydrogens (tertiary/aromatic N) is 3. The van der Waals surface area contributed by atoms with Gasteiger partial charge in [-0.1, -0.05) is 18.0 Å². The molecule has 1 aromatic carbocycles. The molecule has 0 radical (unpaired) electrons. The number of rotatable bonds is 4. The van der Waals surface area contributed by atoms with E-state index in [0.717, 1.165) is 51.5 Å². The molecule has 0 bridgehead atoms. The van der Waals surface area contributed by atoms with E-state index in [-0.39, 0.29) is 28.4 Å². The Kier molecular flexibility index (Phi) is 4.66. The number of carbonyl (C=O) groups excluding carboxylic acids is 1. The number of benzene rings is 1. The minimum atomic E-state index is -3.84.